The van der Waals surface area contributed by atoms with Gasteiger partial charge in [-0.25, -0.2) is 4.79 Å². The SMILES string of the molecule is COC(=O)c1ccccc1O.NF. The Bertz CT molecular complexity index is 278. The van der Waals surface area contributed by atoms with Crippen molar-refractivity contribution in [3.05, 3.63) is 29.8 Å². The molecule has 4 nitrogen and oxygen atoms in total. The Morgan fingerprint density at radius 1 is 1.46 bits per heavy atom. The van der Waals surface area contributed by atoms with Crippen LogP contribution in [0.4, 0.5) is 4.48 Å². The number of hydrogen-bond donors (Lipinski definition) is 2. The second-order valence-electron chi connectivity index (χ2n) is 2.01. The zero-order valence-corrected chi connectivity index (χ0v) is 7.03. The molecule has 3 N–H and O–H groups in total. The molecule has 1 aromatic rings. The van der Waals surface area contributed by atoms with Crippen LogP contribution in [0.25, 0.3) is 0 Å². The number of benzene rings is 1. The number of para-hydroxylation sites is 1. The maximum atomic E-state index is 10.9. The molecule has 0 aromatic heterocycles. The Hall–Kier alpha value is -1.62. The number of ether oxygens (including phenoxy) is 1. The van der Waals surface area contributed by atoms with Crippen LogP contribution in [0.2, 0.25) is 0 Å². The lowest BCUT2D eigenvalue weighted by atomic mass is 10.2. The maximum absolute atomic E-state index is 10.9. The van der Waals surface area contributed by atoms with Gasteiger partial charge in [-0.15, -0.1) is 4.48 Å². The Morgan fingerprint density at radius 2 is 2.00 bits per heavy atom. The molecule has 0 aliphatic heterocycles. The predicted molar refractivity (Wildman–Crippen MR) is 44.7 cm³/mol. The van der Waals surface area contributed by atoms with E-state index in [1.807, 2.05) is 0 Å². The highest BCUT2D eigenvalue weighted by Crippen LogP contribution is 2.15. The van der Waals surface area contributed by atoms with Crippen molar-refractivity contribution in [2.45, 2.75) is 0 Å². The molecule has 72 valence electrons. The van der Waals surface area contributed by atoms with Crippen LogP contribution in [0.15, 0.2) is 24.3 Å². The summed E-state index contributed by atoms with van der Waals surface area (Å²) in [6.45, 7) is 0. The van der Waals surface area contributed by atoms with Crippen LogP contribution in [-0.4, -0.2) is 18.2 Å². The fourth-order valence-corrected chi connectivity index (χ4v) is 0.756. The number of halogens is 1. The van der Waals surface area contributed by atoms with Gasteiger partial charge in [0.2, 0.25) is 0 Å². The first-order valence-corrected chi connectivity index (χ1v) is 3.34. The normalized spacial score (nSPS) is 8.23. The molecule has 0 amide bonds. The largest absolute Gasteiger partial charge is 0.507 e. The van der Waals surface area contributed by atoms with Gasteiger partial charge in [0.15, 0.2) is 0 Å². The van der Waals surface area contributed by atoms with E-state index in [2.05, 4.69) is 10.7 Å². The monoisotopic (exact) mass is 187 g/mol. The van der Waals surface area contributed by atoms with Crippen molar-refractivity contribution in [2.24, 2.45) is 5.96 Å². The van der Waals surface area contributed by atoms with E-state index >= 15 is 0 Å². The summed E-state index contributed by atoms with van der Waals surface area (Å²) in [6.07, 6.45) is 0. The van der Waals surface area contributed by atoms with Gasteiger partial charge in [-0.2, -0.15) is 5.96 Å². The van der Waals surface area contributed by atoms with Gasteiger partial charge >= 0.3 is 5.97 Å². The summed E-state index contributed by atoms with van der Waals surface area (Å²) < 4.78 is 13.4. The van der Waals surface area contributed by atoms with Crippen molar-refractivity contribution < 1.29 is 19.1 Å². The standard InChI is InChI=1S/C8H8O3.FH2N/c1-11-8(10)6-4-2-3-5-7(6)9;1-2/h2-5,9H,1H3;2H2. The summed E-state index contributed by atoms with van der Waals surface area (Å²) in [7, 11) is 1.27. The topological polar surface area (TPSA) is 72.5 Å². The van der Waals surface area contributed by atoms with Gasteiger partial charge in [0.05, 0.1) is 7.11 Å². The third-order valence-corrected chi connectivity index (χ3v) is 1.31. The Labute approximate surface area is 74.7 Å². The third kappa shape index (κ3) is 3.08. The molecule has 0 atom stereocenters. The van der Waals surface area contributed by atoms with Crippen LogP contribution in [0.1, 0.15) is 10.4 Å². The number of phenolic OH excluding ortho intramolecular Hbond substituents is 1. The minimum Gasteiger partial charge on any atom is -0.507 e. The lowest BCUT2D eigenvalue weighted by Gasteiger charge is -1.99. The molecule has 0 aliphatic carbocycles. The fraction of sp³-hybridized carbons (Fsp3) is 0.125. The van der Waals surface area contributed by atoms with E-state index in [0.29, 0.717) is 0 Å². The molecule has 5 heteroatoms. The summed E-state index contributed by atoms with van der Waals surface area (Å²) in [5.41, 5.74) is 0.190. The highest BCUT2D eigenvalue weighted by atomic mass is 19.2. The highest BCUT2D eigenvalue weighted by Gasteiger charge is 2.08. The second kappa shape index (κ2) is 5.96. The average Bonchev–Trinajstić information content (AvgIpc) is 2.20. The van der Waals surface area contributed by atoms with Crippen LogP contribution < -0.4 is 5.96 Å². The smallest absolute Gasteiger partial charge is 0.341 e. The third-order valence-electron chi connectivity index (χ3n) is 1.31. The van der Waals surface area contributed by atoms with E-state index < -0.39 is 5.97 Å². The van der Waals surface area contributed by atoms with Crippen molar-refractivity contribution in [2.75, 3.05) is 7.11 Å². The van der Waals surface area contributed by atoms with Crippen LogP contribution in [-0.2, 0) is 4.74 Å². The average molecular weight is 187 g/mol. The molecular weight excluding hydrogens is 177 g/mol. The van der Waals surface area contributed by atoms with Gasteiger partial charge in [-0.1, -0.05) is 12.1 Å². The quantitative estimate of drug-likeness (QED) is 0.508. The van der Waals surface area contributed by atoms with Crippen molar-refractivity contribution in [1.29, 1.82) is 0 Å². The summed E-state index contributed by atoms with van der Waals surface area (Å²) >= 11 is 0. The molecule has 1 aromatic carbocycles. The van der Waals surface area contributed by atoms with Crippen molar-refractivity contribution in [3.8, 4) is 5.75 Å². The number of nitrogens with two attached hydrogens (primary N) is 1. The molecule has 0 radical (unpaired) electrons. The van der Waals surface area contributed by atoms with Crippen LogP contribution >= 0.6 is 0 Å². The number of carbonyl (C=O) groups is 1. The molecule has 0 saturated heterocycles. The fourth-order valence-electron chi connectivity index (χ4n) is 0.756. The minimum absolute atomic E-state index is 0.0562. The number of methoxy groups -OCH3 is 1. The van der Waals surface area contributed by atoms with Gasteiger partial charge in [0.25, 0.3) is 0 Å². The molecular formula is C8H10FNO3. The van der Waals surface area contributed by atoms with Crippen LogP contribution in [0.5, 0.6) is 5.75 Å². The van der Waals surface area contributed by atoms with Gasteiger partial charge in [0.1, 0.15) is 11.3 Å². The number of aromatic hydroxyl groups is 1. The van der Waals surface area contributed by atoms with Gasteiger partial charge in [0, 0.05) is 0 Å². The van der Waals surface area contributed by atoms with E-state index in [9.17, 15) is 4.79 Å². The second-order valence-corrected chi connectivity index (χ2v) is 2.01. The molecule has 0 aliphatic rings. The summed E-state index contributed by atoms with van der Waals surface area (Å²) in [4.78, 5) is 10.9. The first-order valence-electron chi connectivity index (χ1n) is 3.34. The highest BCUT2D eigenvalue weighted by molar-refractivity contribution is 5.92. The van der Waals surface area contributed by atoms with Crippen molar-refractivity contribution in [3.63, 3.8) is 0 Å². The van der Waals surface area contributed by atoms with Crippen LogP contribution in [0.3, 0.4) is 0 Å². The maximum Gasteiger partial charge on any atom is 0.341 e. The molecule has 0 fully saturated rings. The Morgan fingerprint density at radius 3 is 2.46 bits per heavy atom. The van der Waals surface area contributed by atoms with Crippen molar-refractivity contribution in [1.82, 2.24) is 0 Å². The predicted octanol–water partition coefficient (Wildman–Crippen LogP) is 1.01. The van der Waals surface area contributed by atoms with Gasteiger partial charge in [-0.05, 0) is 12.1 Å². The zero-order valence-electron chi connectivity index (χ0n) is 7.03. The number of esters is 1. The summed E-state index contributed by atoms with van der Waals surface area (Å²) in [6, 6.07) is 6.24. The lowest BCUT2D eigenvalue weighted by molar-refractivity contribution is 0.0597. The molecule has 0 heterocycles. The van der Waals surface area contributed by atoms with E-state index in [0.717, 1.165) is 0 Å². The van der Waals surface area contributed by atoms with E-state index in [4.69, 9.17) is 9.59 Å². The van der Waals surface area contributed by atoms with E-state index in [-0.39, 0.29) is 11.3 Å². The molecule has 0 saturated carbocycles. The first kappa shape index (κ1) is 11.4. The molecule has 13 heavy (non-hydrogen) atoms. The zero-order chi connectivity index (χ0) is 10.3. The van der Waals surface area contributed by atoms with Gasteiger partial charge in [-0.3, -0.25) is 0 Å². The minimum atomic E-state index is -0.525. The Balaban J connectivity index is 0.000000671. The summed E-state index contributed by atoms with van der Waals surface area (Å²) in [5.74, 6) is 2.42. The van der Waals surface area contributed by atoms with E-state index in [1.54, 1.807) is 12.1 Å². The summed E-state index contributed by atoms with van der Waals surface area (Å²) in [5, 5.41) is 9.11. The first-order chi connectivity index (χ1) is 6.25. The number of rotatable bonds is 1. The van der Waals surface area contributed by atoms with Gasteiger partial charge < -0.3 is 9.84 Å². The Kier molecular flexibility index (Phi) is 5.22. The molecule has 0 spiro atoms. The molecule has 0 unspecified atom stereocenters. The number of phenols is 1. The van der Waals surface area contributed by atoms with Crippen LogP contribution in [0, 0.1) is 0 Å². The van der Waals surface area contributed by atoms with Crippen molar-refractivity contribution >= 4 is 5.97 Å². The van der Waals surface area contributed by atoms with E-state index in [1.165, 1.54) is 19.2 Å². The molecule has 1 rings (SSSR count). The number of carbonyl (C=O) groups excluding carboxylic acids is 1. The lowest BCUT2D eigenvalue weighted by Crippen LogP contribution is -2.00. The number of hydrogen-bond acceptors (Lipinski definition) is 4. The molecule has 0 bridgehead atoms.